The second kappa shape index (κ2) is 7.34. The molecule has 1 fully saturated rings. The van der Waals surface area contributed by atoms with Crippen LogP contribution in [0, 0.1) is 5.92 Å². The van der Waals surface area contributed by atoms with Crippen LogP contribution in [0.15, 0.2) is 65.3 Å². The number of carbonyl (C=O) groups is 1. The first-order chi connectivity index (χ1) is 12.7. The number of piperidine rings is 1. The Morgan fingerprint density at radius 2 is 1.88 bits per heavy atom. The quantitative estimate of drug-likeness (QED) is 0.777. The molecule has 2 aromatic carbocycles. The van der Waals surface area contributed by atoms with Gasteiger partial charge in [0.05, 0.1) is 12.4 Å². The number of fused-ring (bicyclic) bond motifs is 1. The van der Waals surface area contributed by atoms with E-state index in [9.17, 15) is 9.90 Å². The first-order valence-corrected chi connectivity index (χ1v) is 9.19. The van der Waals surface area contributed by atoms with Crippen molar-refractivity contribution < 1.29 is 14.3 Å². The normalized spacial score (nSPS) is 16.7. The Morgan fingerprint density at radius 3 is 2.65 bits per heavy atom. The molecule has 1 aliphatic heterocycles. The van der Waals surface area contributed by atoms with E-state index in [-0.39, 0.29) is 17.9 Å². The zero-order valence-electron chi connectivity index (χ0n) is 14.7. The number of hydrogen-bond acceptors (Lipinski definition) is 3. The number of hydrogen-bond donors (Lipinski definition) is 1. The molecule has 0 radical (unpaired) electrons. The lowest BCUT2D eigenvalue weighted by atomic mass is 9.87. The van der Waals surface area contributed by atoms with Gasteiger partial charge in [-0.05, 0) is 55.0 Å². The fourth-order valence-electron chi connectivity index (χ4n) is 3.79. The van der Waals surface area contributed by atoms with E-state index in [1.54, 1.807) is 6.26 Å². The van der Waals surface area contributed by atoms with Crippen LogP contribution in [0.1, 0.15) is 28.8 Å². The second-order valence-corrected chi connectivity index (χ2v) is 7.06. The van der Waals surface area contributed by atoms with Gasteiger partial charge in [0.2, 0.25) is 0 Å². The summed E-state index contributed by atoms with van der Waals surface area (Å²) in [5.41, 5.74) is 2.65. The molecule has 1 unspecified atom stereocenters. The molecular formula is C22H23NO3. The summed E-state index contributed by atoms with van der Waals surface area (Å²) >= 11 is 0. The number of aliphatic hydroxyl groups excluding tert-OH is 1. The average Bonchev–Trinajstić information content (AvgIpc) is 3.16. The van der Waals surface area contributed by atoms with Crippen molar-refractivity contribution in [2.45, 2.75) is 25.4 Å². The molecule has 1 amide bonds. The van der Waals surface area contributed by atoms with E-state index >= 15 is 0 Å². The van der Waals surface area contributed by atoms with Crippen molar-refractivity contribution in [1.29, 1.82) is 0 Å². The van der Waals surface area contributed by atoms with E-state index in [0.717, 1.165) is 29.4 Å². The van der Waals surface area contributed by atoms with Crippen LogP contribution in [0.5, 0.6) is 0 Å². The molecule has 134 valence electrons. The Kier molecular flexibility index (Phi) is 4.76. The molecule has 1 saturated heterocycles. The summed E-state index contributed by atoms with van der Waals surface area (Å²) in [6.07, 6.45) is 3.65. The topological polar surface area (TPSA) is 53.7 Å². The predicted octanol–water partition coefficient (Wildman–Crippen LogP) is 3.89. The molecule has 1 aliphatic rings. The third-order valence-corrected chi connectivity index (χ3v) is 5.36. The molecule has 3 aromatic rings. The second-order valence-electron chi connectivity index (χ2n) is 7.06. The van der Waals surface area contributed by atoms with Crippen molar-refractivity contribution in [3.63, 3.8) is 0 Å². The van der Waals surface area contributed by atoms with Gasteiger partial charge < -0.3 is 14.4 Å². The number of amides is 1. The fourth-order valence-corrected chi connectivity index (χ4v) is 3.79. The minimum absolute atomic E-state index is 0.0594. The minimum Gasteiger partial charge on any atom is -0.464 e. The van der Waals surface area contributed by atoms with Gasteiger partial charge in [0, 0.05) is 24.0 Å². The number of furan rings is 1. The van der Waals surface area contributed by atoms with Gasteiger partial charge in [0.25, 0.3) is 5.91 Å². The molecule has 4 heteroatoms. The summed E-state index contributed by atoms with van der Waals surface area (Å²) in [6.45, 7) is 1.39. The minimum atomic E-state index is -0.350. The van der Waals surface area contributed by atoms with Crippen molar-refractivity contribution in [3.8, 4) is 0 Å². The van der Waals surface area contributed by atoms with E-state index in [1.165, 1.54) is 0 Å². The molecule has 0 aliphatic carbocycles. The Bertz CT molecular complexity index is 879. The molecule has 1 N–H and O–H groups in total. The van der Waals surface area contributed by atoms with Crippen molar-refractivity contribution in [2.24, 2.45) is 5.92 Å². The Hall–Kier alpha value is -2.59. The first kappa shape index (κ1) is 16.9. The van der Waals surface area contributed by atoms with Gasteiger partial charge in [-0.3, -0.25) is 4.79 Å². The SMILES string of the molecule is O=C(c1ccc2occc2c1)N1CCC(C(O)Cc2ccccc2)CC1. The Morgan fingerprint density at radius 1 is 1.12 bits per heavy atom. The van der Waals surface area contributed by atoms with Gasteiger partial charge in [0.15, 0.2) is 0 Å². The fraction of sp³-hybridized carbons (Fsp3) is 0.318. The first-order valence-electron chi connectivity index (χ1n) is 9.19. The van der Waals surface area contributed by atoms with Crippen molar-refractivity contribution in [2.75, 3.05) is 13.1 Å². The van der Waals surface area contributed by atoms with Crippen LogP contribution in [0.25, 0.3) is 11.0 Å². The molecule has 4 rings (SSSR count). The Balaban J connectivity index is 1.36. The lowest BCUT2D eigenvalue weighted by Gasteiger charge is -2.34. The van der Waals surface area contributed by atoms with Gasteiger partial charge in [-0.15, -0.1) is 0 Å². The van der Waals surface area contributed by atoms with Crippen LogP contribution in [0.4, 0.5) is 0 Å². The van der Waals surface area contributed by atoms with Crippen LogP contribution in [-0.4, -0.2) is 35.1 Å². The van der Waals surface area contributed by atoms with Gasteiger partial charge in [-0.2, -0.15) is 0 Å². The van der Waals surface area contributed by atoms with E-state index in [0.29, 0.717) is 25.1 Å². The third kappa shape index (κ3) is 3.51. The molecule has 1 aromatic heterocycles. The van der Waals surface area contributed by atoms with Gasteiger partial charge >= 0.3 is 0 Å². The maximum absolute atomic E-state index is 12.8. The van der Waals surface area contributed by atoms with Gasteiger partial charge in [-0.1, -0.05) is 30.3 Å². The summed E-state index contributed by atoms with van der Waals surface area (Å²) in [6, 6.07) is 17.5. The smallest absolute Gasteiger partial charge is 0.253 e. The highest BCUT2D eigenvalue weighted by atomic mass is 16.3. The van der Waals surface area contributed by atoms with Crippen LogP contribution in [0.2, 0.25) is 0 Å². The lowest BCUT2D eigenvalue weighted by Crippen LogP contribution is -2.41. The number of aliphatic hydroxyl groups is 1. The van der Waals surface area contributed by atoms with Crippen LogP contribution < -0.4 is 0 Å². The van der Waals surface area contributed by atoms with Crippen LogP contribution in [-0.2, 0) is 6.42 Å². The van der Waals surface area contributed by atoms with Crippen molar-refractivity contribution in [1.82, 2.24) is 4.90 Å². The number of rotatable bonds is 4. The molecule has 0 spiro atoms. The van der Waals surface area contributed by atoms with Crippen LogP contribution in [0.3, 0.4) is 0 Å². The molecule has 0 saturated carbocycles. The summed E-state index contributed by atoms with van der Waals surface area (Å²) in [4.78, 5) is 14.7. The standard InChI is InChI=1S/C22H23NO3/c24-20(14-16-4-2-1-3-5-16)17-8-11-23(12-9-17)22(25)19-6-7-21-18(15-19)10-13-26-21/h1-7,10,13,15,17,20,24H,8-9,11-12,14H2. The van der Waals surface area contributed by atoms with E-state index in [4.69, 9.17) is 4.42 Å². The maximum Gasteiger partial charge on any atom is 0.253 e. The molecule has 4 nitrogen and oxygen atoms in total. The summed E-state index contributed by atoms with van der Waals surface area (Å²) in [7, 11) is 0. The van der Waals surface area contributed by atoms with E-state index in [2.05, 4.69) is 0 Å². The van der Waals surface area contributed by atoms with Crippen molar-refractivity contribution in [3.05, 3.63) is 72.0 Å². The number of nitrogens with zero attached hydrogens (tertiary/aromatic N) is 1. The molecule has 2 heterocycles. The lowest BCUT2D eigenvalue weighted by molar-refractivity contribution is 0.0467. The zero-order valence-corrected chi connectivity index (χ0v) is 14.7. The number of benzene rings is 2. The highest BCUT2D eigenvalue weighted by Gasteiger charge is 2.28. The van der Waals surface area contributed by atoms with Crippen LogP contribution >= 0.6 is 0 Å². The number of likely N-dealkylation sites (tertiary alicyclic amines) is 1. The molecule has 26 heavy (non-hydrogen) atoms. The van der Waals surface area contributed by atoms with Crippen molar-refractivity contribution >= 4 is 16.9 Å². The van der Waals surface area contributed by atoms with Gasteiger partial charge in [-0.25, -0.2) is 0 Å². The number of carbonyl (C=O) groups excluding carboxylic acids is 1. The van der Waals surface area contributed by atoms with E-state index in [1.807, 2.05) is 59.5 Å². The largest absolute Gasteiger partial charge is 0.464 e. The molecule has 1 atom stereocenters. The average molecular weight is 349 g/mol. The highest BCUT2D eigenvalue weighted by Crippen LogP contribution is 2.25. The molecular weight excluding hydrogens is 326 g/mol. The third-order valence-electron chi connectivity index (χ3n) is 5.36. The predicted molar refractivity (Wildman–Crippen MR) is 101 cm³/mol. The zero-order chi connectivity index (χ0) is 17.9. The van der Waals surface area contributed by atoms with E-state index < -0.39 is 0 Å². The molecule has 0 bridgehead atoms. The van der Waals surface area contributed by atoms with Gasteiger partial charge in [0.1, 0.15) is 5.58 Å². The Labute approximate surface area is 153 Å². The summed E-state index contributed by atoms with van der Waals surface area (Å²) in [5, 5.41) is 11.5. The summed E-state index contributed by atoms with van der Waals surface area (Å²) < 4.78 is 5.33. The maximum atomic E-state index is 12.8. The highest BCUT2D eigenvalue weighted by molar-refractivity contribution is 5.97. The summed E-state index contributed by atoms with van der Waals surface area (Å²) in [5.74, 6) is 0.305. The monoisotopic (exact) mass is 349 g/mol.